The summed E-state index contributed by atoms with van der Waals surface area (Å²) in [6.07, 6.45) is 0.0639. The van der Waals surface area contributed by atoms with Gasteiger partial charge in [0.15, 0.2) is 23.7 Å². The van der Waals surface area contributed by atoms with E-state index in [0.717, 1.165) is 0 Å². The average Bonchev–Trinajstić information content (AvgIpc) is 2.60. The summed E-state index contributed by atoms with van der Waals surface area (Å²) in [7, 11) is 0. The lowest BCUT2D eigenvalue weighted by atomic mass is 9.93. The molecule has 2 heterocycles. The van der Waals surface area contributed by atoms with E-state index in [1.807, 2.05) is 0 Å². The molecule has 1 aromatic carbocycles. The molecule has 3 rings (SSSR count). The van der Waals surface area contributed by atoms with Crippen molar-refractivity contribution in [2.24, 2.45) is 11.8 Å². The third kappa shape index (κ3) is 3.50. The van der Waals surface area contributed by atoms with Crippen molar-refractivity contribution in [2.75, 3.05) is 19.8 Å². The van der Waals surface area contributed by atoms with Crippen LogP contribution in [0.4, 0.5) is 8.78 Å². The quantitative estimate of drug-likeness (QED) is 0.793. The fourth-order valence-electron chi connectivity index (χ4n) is 3.09. The SMILES string of the molecule is Cc1ccc(C(=O)[C@@H]2CCC(C3OCC(C)CO3)CO2)c(F)c1F. The van der Waals surface area contributed by atoms with Crippen molar-refractivity contribution in [3.63, 3.8) is 0 Å². The van der Waals surface area contributed by atoms with Crippen LogP contribution in [0.25, 0.3) is 0 Å². The van der Waals surface area contributed by atoms with E-state index >= 15 is 0 Å². The Morgan fingerprint density at radius 3 is 2.38 bits per heavy atom. The molecule has 2 atom stereocenters. The van der Waals surface area contributed by atoms with E-state index in [-0.39, 0.29) is 23.3 Å². The molecule has 132 valence electrons. The molecule has 24 heavy (non-hydrogen) atoms. The zero-order valence-corrected chi connectivity index (χ0v) is 13.9. The van der Waals surface area contributed by atoms with Gasteiger partial charge in [-0.15, -0.1) is 0 Å². The lowest BCUT2D eigenvalue weighted by molar-refractivity contribution is -0.236. The first-order chi connectivity index (χ1) is 11.5. The molecule has 0 radical (unpaired) electrons. The van der Waals surface area contributed by atoms with Gasteiger partial charge in [-0.3, -0.25) is 4.79 Å². The van der Waals surface area contributed by atoms with Gasteiger partial charge in [0, 0.05) is 11.8 Å². The van der Waals surface area contributed by atoms with Crippen molar-refractivity contribution in [3.8, 4) is 0 Å². The van der Waals surface area contributed by atoms with E-state index in [0.29, 0.717) is 38.6 Å². The first-order valence-electron chi connectivity index (χ1n) is 8.31. The van der Waals surface area contributed by atoms with Crippen molar-refractivity contribution < 1.29 is 27.8 Å². The van der Waals surface area contributed by atoms with Crippen LogP contribution in [-0.4, -0.2) is 38.0 Å². The predicted octanol–water partition coefficient (Wildman–Crippen LogP) is 3.26. The number of aryl methyl sites for hydroxylation is 1. The normalized spacial score (nSPS) is 31.0. The monoisotopic (exact) mass is 340 g/mol. The Hall–Kier alpha value is -1.37. The molecule has 2 aliphatic heterocycles. The summed E-state index contributed by atoms with van der Waals surface area (Å²) < 4.78 is 44.6. The Labute approximate surface area is 140 Å². The van der Waals surface area contributed by atoms with Gasteiger partial charge in [-0.05, 0) is 31.4 Å². The number of carbonyl (C=O) groups is 1. The minimum absolute atomic E-state index is 0.0566. The maximum atomic E-state index is 14.0. The van der Waals surface area contributed by atoms with Crippen LogP contribution in [0.3, 0.4) is 0 Å². The average molecular weight is 340 g/mol. The van der Waals surface area contributed by atoms with Gasteiger partial charge in [0.1, 0.15) is 6.10 Å². The fourth-order valence-corrected chi connectivity index (χ4v) is 3.09. The Kier molecular flexibility index (Phi) is 5.27. The highest BCUT2D eigenvalue weighted by molar-refractivity contribution is 5.99. The number of ether oxygens (including phenoxy) is 3. The largest absolute Gasteiger partial charge is 0.370 e. The number of Topliss-reactive ketones (excluding diaryl/α,β-unsaturated/α-hetero) is 1. The van der Waals surface area contributed by atoms with Crippen LogP contribution in [0.5, 0.6) is 0 Å². The first kappa shape index (κ1) is 17.5. The van der Waals surface area contributed by atoms with E-state index in [2.05, 4.69) is 6.92 Å². The number of hydrogen-bond acceptors (Lipinski definition) is 4. The van der Waals surface area contributed by atoms with Crippen LogP contribution in [0, 0.1) is 30.4 Å². The van der Waals surface area contributed by atoms with Gasteiger partial charge < -0.3 is 14.2 Å². The van der Waals surface area contributed by atoms with Crippen molar-refractivity contribution in [1.82, 2.24) is 0 Å². The lowest BCUT2D eigenvalue weighted by Crippen LogP contribution is -2.42. The summed E-state index contributed by atoms with van der Waals surface area (Å²) in [5.41, 5.74) is -0.0740. The second kappa shape index (κ2) is 7.25. The molecule has 0 amide bonds. The highest BCUT2D eigenvalue weighted by Crippen LogP contribution is 2.29. The molecular weight excluding hydrogens is 318 g/mol. The Morgan fingerprint density at radius 1 is 1.04 bits per heavy atom. The fraction of sp³-hybridized carbons (Fsp3) is 0.611. The van der Waals surface area contributed by atoms with E-state index in [9.17, 15) is 13.6 Å². The van der Waals surface area contributed by atoms with Crippen molar-refractivity contribution in [1.29, 1.82) is 0 Å². The number of halogens is 2. The molecule has 2 saturated heterocycles. The predicted molar refractivity (Wildman–Crippen MR) is 82.7 cm³/mol. The highest BCUT2D eigenvalue weighted by atomic mass is 19.2. The molecule has 0 saturated carbocycles. The topological polar surface area (TPSA) is 44.8 Å². The summed E-state index contributed by atoms with van der Waals surface area (Å²) in [5.74, 6) is -2.16. The standard InChI is InChI=1S/C18H22F2O4/c1-10-7-23-18(24-8-10)12-4-6-14(22-9-12)17(21)13-5-3-11(2)15(19)16(13)20/h3,5,10,12,14,18H,4,6-9H2,1-2H3/t10?,12?,14-,18?/m0/s1. The number of carbonyl (C=O) groups excluding carboxylic acids is 1. The van der Waals surface area contributed by atoms with E-state index in [4.69, 9.17) is 14.2 Å². The van der Waals surface area contributed by atoms with Crippen LogP contribution in [0.15, 0.2) is 12.1 Å². The molecule has 0 bridgehead atoms. The molecular formula is C18H22F2O4. The summed E-state index contributed by atoms with van der Waals surface area (Å²) >= 11 is 0. The zero-order valence-electron chi connectivity index (χ0n) is 13.9. The third-order valence-electron chi connectivity index (χ3n) is 4.62. The van der Waals surface area contributed by atoms with Gasteiger partial charge in [0.2, 0.25) is 0 Å². The van der Waals surface area contributed by atoms with Crippen LogP contribution >= 0.6 is 0 Å². The Bertz CT molecular complexity index is 603. The minimum atomic E-state index is -1.10. The van der Waals surface area contributed by atoms with Crippen molar-refractivity contribution >= 4 is 5.78 Å². The van der Waals surface area contributed by atoms with E-state index in [1.54, 1.807) is 0 Å². The van der Waals surface area contributed by atoms with Crippen LogP contribution in [-0.2, 0) is 14.2 Å². The molecule has 0 spiro atoms. The van der Waals surface area contributed by atoms with Crippen molar-refractivity contribution in [2.45, 2.75) is 39.1 Å². The molecule has 6 heteroatoms. The molecule has 4 nitrogen and oxygen atoms in total. The molecule has 2 fully saturated rings. The number of hydrogen-bond donors (Lipinski definition) is 0. The van der Waals surface area contributed by atoms with E-state index < -0.39 is 23.5 Å². The molecule has 2 aliphatic rings. The smallest absolute Gasteiger partial charge is 0.194 e. The lowest BCUT2D eigenvalue weighted by Gasteiger charge is -2.36. The second-order valence-corrected chi connectivity index (χ2v) is 6.72. The van der Waals surface area contributed by atoms with E-state index in [1.165, 1.54) is 19.1 Å². The van der Waals surface area contributed by atoms with Crippen LogP contribution < -0.4 is 0 Å². The third-order valence-corrected chi connectivity index (χ3v) is 4.62. The number of ketones is 1. The molecule has 1 unspecified atom stereocenters. The van der Waals surface area contributed by atoms with Gasteiger partial charge in [-0.25, -0.2) is 8.78 Å². The van der Waals surface area contributed by atoms with Gasteiger partial charge >= 0.3 is 0 Å². The van der Waals surface area contributed by atoms with Crippen molar-refractivity contribution in [3.05, 3.63) is 34.9 Å². The Morgan fingerprint density at radius 2 is 1.75 bits per heavy atom. The van der Waals surface area contributed by atoms with Gasteiger partial charge in [0.25, 0.3) is 0 Å². The molecule has 0 N–H and O–H groups in total. The maximum Gasteiger partial charge on any atom is 0.194 e. The van der Waals surface area contributed by atoms with Gasteiger partial charge in [-0.1, -0.05) is 13.0 Å². The Balaban J connectivity index is 1.60. The number of benzene rings is 1. The summed E-state index contributed by atoms with van der Waals surface area (Å²) in [6, 6.07) is 2.72. The maximum absolute atomic E-state index is 14.0. The van der Waals surface area contributed by atoms with Crippen LogP contribution in [0.2, 0.25) is 0 Å². The first-order valence-corrected chi connectivity index (χ1v) is 8.31. The second-order valence-electron chi connectivity index (χ2n) is 6.72. The zero-order chi connectivity index (χ0) is 17.3. The summed E-state index contributed by atoms with van der Waals surface area (Å²) in [6.45, 7) is 5.12. The van der Waals surface area contributed by atoms with Gasteiger partial charge in [-0.2, -0.15) is 0 Å². The summed E-state index contributed by atoms with van der Waals surface area (Å²) in [5, 5.41) is 0. The highest BCUT2D eigenvalue weighted by Gasteiger charge is 2.35. The molecule has 0 aromatic heterocycles. The minimum Gasteiger partial charge on any atom is -0.370 e. The molecule has 1 aromatic rings. The molecule has 0 aliphatic carbocycles. The number of rotatable bonds is 3. The summed E-state index contributed by atoms with van der Waals surface area (Å²) in [4.78, 5) is 12.4. The van der Waals surface area contributed by atoms with Crippen LogP contribution in [0.1, 0.15) is 35.7 Å². The van der Waals surface area contributed by atoms with Gasteiger partial charge in [0.05, 0.1) is 25.4 Å².